The molecule has 5 heteroatoms. The molecule has 5 nitrogen and oxygen atoms in total. The number of aryl methyl sites for hydroxylation is 1. The van der Waals surface area contributed by atoms with Crippen LogP contribution >= 0.6 is 0 Å². The van der Waals surface area contributed by atoms with Crippen molar-refractivity contribution in [3.05, 3.63) is 5.82 Å². The van der Waals surface area contributed by atoms with E-state index < -0.39 is 0 Å². The molecule has 0 aliphatic rings. The lowest BCUT2D eigenvalue weighted by Crippen LogP contribution is -2.20. The Bertz CT molecular complexity index is 295. The molecule has 0 spiro atoms. The van der Waals surface area contributed by atoms with Gasteiger partial charge < -0.3 is 9.80 Å². The minimum absolute atomic E-state index is 0.720. The second-order valence-electron chi connectivity index (χ2n) is 3.89. The standard InChI is InChI=1S/C10H19N5/c1-6-7-8-11-9(14(2)3)13-10(12-8)15(4)5/h6-7H2,1-5H3. The van der Waals surface area contributed by atoms with Gasteiger partial charge >= 0.3 is 0 Å². The van der Waals surface area contributed by atoms with Crippen LogP contribution in [0.15, 0.2) is 0 Å². The number of hydrogen-bond acceptors (Lipinski definition) is 5. The molecule has 0 aliphatic heterocycles. The summed E-state index contributed by atoms with van der Waals surface area (Å²) < 4.78 is 0. The van der Waals surface area contributed by atoms with E-state index in [4.69, 9.17) is 0 Å². The highest BCUT2D eigenvalue weighted by atomic mass is 15.3. The molecule has 0 bridgehead atoms. The molecule has 0 atom stereocenters. The van der Waals surface area contributed by atoms with Crippen molar-refractivity contribution < 1.29 is 0 Å². The molecule has 0 saturated heterocycles. The van der Waals surface area contributed by atoms with Crippen LogP contribution in [0.25, 0.3) is 0 Å². The minimum atomic E-state index is 0.720. The number of hydrogen-bond donors (Lipinski definition) is 0. The molecule has 0 N–H and O–H groups in total. The highest BCUT2D eigenvalue weighted by Gasteiger charge is 2.08. The summed E-state index contributed by atoms with van der Waals surface area (Å²) in [4.78, 5) is 16.9. The Balaban J connectivity index is 3.08. The Labute approximate surface area is 91.2 Å². The Hall–Kier alpha value is -1.39. The summed E-state index contributed by atoms with van der Waals surface area (Å²) in [6.07, 6.45) is 1.94. The van der Waals surface area contributed by atoms with Gasteiger partial charge in [-0.05, 0) is 6.42 Å². The molecular formula is C10H19N5. The van der Waals surface area contributed by atoms with E-state index in [-0.39, 0.29) is 0 Å². The van der Waals surface area contributed by atoms with Gasteiger partial charge in [0.1, 0.15) is 5.82 Å². The topological polar surface area (TPSA) is 45.2 Å². The third-order valence-corrected chi connectivity index (χ3v) is 1.93. The van der Waals surface area contributed by atoms with Crippen LogP contribution in [0.5, 0.6) is 0 Å². The maximum Gasteiger partial charge on any atom is 0.229 e. The fourth-order valence-electron chi connectivity index (χ4n) is 1.13. The Kier molecular flexibility index (Phi) is 3.82. The lowest BCUT2D eigenvalue weighted by molar-refractivity contribution is 0.795. The van der Waals surface area contributed by atoms with Crippen molar-refractivity contribution in [2.24, 2.45) is 0 Å². The van der Waals surface area contributed by atoms with Gasteiger partial charge in [-0.15, -0.1) is 0 Å². The zero-order valence-corrected chi connectivity index (χ0v) is 10.2. The van der Waals surface area contributed by atoms with Crippen LogP contribution in [0.3, 0.4) is 0 Å². The third kappa shape index (κ3) is 3.04. The normalized spacial score (nSPS) is 10.2. The van der Waals surface area contributed by atoms with Crippen LogP contribution in [0, 0.1) is 0 Å². The van der Waals surface area contributed by atoms with E-state index in [1.165, 1.54) is 0 Å². The van der Waals surface area contributed by atoms with Gasteiger partial charge in [0.25, 0.3) is 0 Å². The minimum Gasteiger partial charge on any atom is -0.347 e. The smallest absolute Gasteiger partial charge is 0.229 e. The number of aromatic nitrogens is 3. The highest BCUT2D eigenvalue weighted by molar-refractivity contribution is 5.36. The first-order valence-electron chi connectivity index (χ1n) is 5.14. The van der Waals surface area contributed by atoms with Crippen LogP contribution < -0.4 is 9.80 Å². The van der Waals surface area contributed by atoms with E-state index >= 15 is 0 Å². The predicted molar refractivity (Wildman–Crippen MR) is 62.5 cm³/mol. The van der Waals surface area contributed by atoms with Crippen molar-refractivity contribution in [3.8, 4) is 0 Å². The maximum absolute atomic E-state index is 4.38. The summed E-state index contributed by atoms with van der Waals surface area (Å²) in [5.74, 6) is 2.30. The molecule has 1 heterocycles. The molecule has 1 aromatic heterocycles. The summed E-state index contributed by atoms with van der Waals surface area (Å²) in [6.45, 7) is 2.12. The quantitative estimate of drug-likeness (QED) is 0.739. The van der Waals surface area contributed by atoms with Gasteiger partial charge in [0.15, 0.2) is 0 Å². The van der Waals surface area contributed by atoms with Crippen LogP contribution in [-0.4, -0.2) is 43.1 Å². The second-order valence-corrected chi connectivity index (χ2v) is 3.89. The molecule has 0 aliphatic carbocycles. The van der Waals surface area contributed by atoms with E-state index in [1.807, 2.05) is 38.0 Å². The zero-order chi connectivity index (χ0) is 11.4. The van der Waals surface area contributed by atoms with Crippen molar-refractivity contribution in [2.45, 2.75) is 19.8 Å². The Morgan fingerprint density at radius 3 is 1.67 bits per heavy atom. The summed E-state index contributed by atoms with van der Waals surface area (Å²) in [5, 5.41) is 0. The molecule has 0 radical (unpaired) electrons. The molecular weight excluding hydrogens is 190 g/mol. The first-order chi connectivity index (χ1) is 7.04. The van der Waals surface area contributed by atoms with Gasteiger partial charge in [-0.25, -0.2) is 0 Å². The van der Waals surface area contributed by atoms with Gasteiger partial charge in [-0.3, -0.25) is 0 Å². The van der Waals surface area contributed by atoms with Gasteiger partial charge in [-0.2, -0.15) is 15.0 Å². The zero-order valence-electron chi connectivity index (χ0n) is 10.2. The van der Waals surface area contributed by atoms with Crippen LogP contribution in [0.4, 0.5) is 11.9 Å². The van der Waals surface area contributed by atoms with E-state index in [0.29, 0.717) is 0 Å². The molecule has 1 rings (SSSR count). The van der Waals surface area contributed by atoms with E-state index in [9.17, 15) is 0 Å². The fraction of sp³-hybridized carbons (Fsp3) is 0.700. The molecule has 0 aromatic carbocycles. The van der Waals surface area contributed by atoms with Crippen LogP contribution in [0.1, 0.15) is 19.2 Å². The Morgan fingerprint density at radius 1 is 0.867 bits per heavy atom. The van der Waals surface area contributed by atoms with Crippen molar-refractivity contribution in [1.29, 1.82) is 0 Å². The van der Waals surface area contributed by atoms with Crippen LogP contribution in [-0.2, 0) is 6.42 Å². The predicted octanol–water partition coefficient (Wildman–Crippen LogP) is 0.956. The average Bonchev–Trinajstić information content (AvgIpc) is 2.17. The van der Waals surface area contributed by atoms with E-state index in [0.717, 1.165) is 30.6 Å². The van der Waals surface area contributed by atoms with Crippen molar-refractivity contribution >= 4 is 11.9 Å². The number of nitrogens with zero attached hydrogens (tertiary/aromatic N) is 5. The number of rotatable bonds is 4. The second kappa shape index (κ2) is 4.91. The summed E-state index contributed by atoms with van der Waals surface area (Å²) in [6, 6.07) is 0. The van der Waals surface area contributed by atoms with Crippen molar-refractivity contribution in [1.82, 2.24) is 15.0 Å². The maximum atomic E-state index is 4.38. The molecule has 0 unspecified atom stereocenters. The fourth-order valence-corrected chi connectivity index (χ4v) is 1.13. The molecule has 0 fully saturated rings. The molecule has 0 amide bonds. The average molecular weight is 209 g/mol. The third-order valence-electron chi connectivity index (χ3n) is 1.93. The van der Waals surface area contributed by atoms with Crippen LogP contribution in [0.2, 0.25) is 0 Å². The highest BCUT2D eigenvalue weighted by Crippen LogP contribution is 2.11. The first-order valence-corrected chi connectivity index (χ1v) is 5.14. The first kappa shape index (κ1) is 11.7. The largest absolute Gasteiger partial charge is 0.347 e. The summed E-state index contributed by atoms with van der Waals surface area (Å²) in [7, 11) is 7.74. The van der Waals surface area contributed by atoms with Crippen molar-refractivity contribution in [3.63, 3.8) is 0 Å². The summed E-state index contributed by atoms with van der Waals surface area (Å²) in [5.41, 5.74) is 0. The molecule has 84 valence electrons. The molecule has 15 heavy (non-hydrogen) atoms. The molecule has 0 saturated carbocycles. The van der Waals surface area contributed by atoms with Crippen molar-refractivity contribution in [2.75, 3.05) is 38.0 Å². The van der Waals surface area contributed by atoms with E-state index in [2.05, 4.69) is 21.9 Å². The molecule has 1 aromatic rings. The lowest BCUT2D eigenvalue weighted by Gasteiger charge is -2.15. The van der Waals surface area contributed by atoms with E-state index in [1.54, 1.807) is 0 Å². The van der Waals surface area contributed by atoms with Gasteiger partial charge in [0.05, 0.1) is 0 Å². The monoisotopic (exact) mass is 209 g/mol. The summed E-state index contributed by atoms with van der Waals surface area (Å²) >= 11 is 0. The Morgan fingerprint density at radius 2 is 1.33 bits per heavy atom. The van der Waals surface area contributed by atoms with Gasteiger partial charge in [-0.1, -0.05) is 6.92 Å². The number of anilines is 2. The lowest BCUT2D eigenvalue weighted by atomic mass is 10.3. The SMILES string of the molecule is CCCc1nc(N(C)C)nc(N(C)C)n1. The van der Waals surface area contributed by atoms with Gasteiger partial charge in [0, 0.05) is 34.6 Å². The van der Waals surface area contributed by atoms with Gasteiger partial charge in [0.2, 0.25) is 11.9 Å².